The van der Waals surface area contributed by atoms with Crippen molar-refractivity contribution in [2.24, 2.45) is 0 Å². The number of ether oxygens (including phenoxy) is 6. The Labute approximate surface area is 292 Å². The number of rotatable bonds is 21. The average molecular weight is 717 g/mol. The van der Waals surface area contributed by atoms with E-state index in [1.807, 2.05) is 20.8 Å². The second-order valence-electron chi connectivity index (χ2n) is 10.6. The number of esters is 3. The van der Waals surface area contributed by atoms with E-state index in [1.165, 1.54) is 54.6 Å². The summed E-state index contributed by atoms with van der Waals surface area (Å²) in [5.41, 5.74) is 0. The monoisotopic (exact) mass is 716 g/mol. The van der Waals surface area contributed by atoms with Crippen LogP contribution in [0.25, 0.3) is 0 Å². The molecule has 0 heterocycles. The summed E-state index contributed by atoms with van der Waals surface area (Å²) < 4.78 is 66.2. The van der Waals surface area contributed by atoms with Crippen molar-refractivity contribution in [2.45, 2.75) is 80.1 Å². The molecule has 3 aromatic carbocycles. The normalized spacial score (nSPS) is 10.8. The molecule has 0 aliphatic carbocycles. The molecule has 3 rings (SSSR count). The van der Waals surface area contributed by atoms with Crippen molar-refractivity contribution < 1.29 is 60.9 Å². The number of phosphoric acid groups is 1. The average Bonchev–Trinajstić information content (AvgIpc) is 3.11. The third-order valence-corrected chi connectivity index (χ3v) is 7.59. The summed E-state index contributed by atoms with van der Waals surface area (Å²) in [4.78, 5) is 37.2. The Kier molecular flexibility index (Phi) is 15.8. The van der Waals surface area contributed by atoms with E-state index in [4.69, 9.17) is 42.0 Å². The Morgan fingerprint density at radius 2 is 0.740 bits per heavy atom. The van der Waals surface area contributed by atoms with Gasteiger partial charge in [-0.15, -0.1) is 0 Å². The van der Waals surface area contributed by atoms with E-state index < -0.39 is 25.7 Å². The number of hydrogen-bond donors (Lipinski definition) is 0. The maximum Gasteiger partial charge on any atom is 0.647 e. The van der Waals surface area contributed by atoms with Crippen LogP contribution in [0.5, 0.6) is 51.7 Å². The Morgan fingerprint density at radius 3 is 0.980 bits per heavy atom. The first kappa shape index (κ1) is 39.5. The molecular formula is C36H45O13P. The fraction of sp³-hybridized carbons (Fsp3) is 0.417. The molecule has 3 aromatic rings. The summed E-state index contributed by atoms with van der Waals surface area (Å²) >= 11 is 0. The first-order valence-corrected chi connectivity index (χ1v) is 18.1. The third-order valence-electron chi connectivity index (χ3n) is 6.33. The zero-order valence-corrected chi connectivity index (χ0v) is 30.2. The van der Waals surface area contributed by atoms with E-state index in [9.17, 15) is 18.9 Å². The Balaban J connectivity index is 2.18. The van der Waals surface area contributed by atoms with Gasteiger partial charge in [0, 0.05) is 37.5 Å². The standard InChI is InChI=1S/C36H45O13P/c1-7-19-41-25-13-16-28(31(22-25)44-34(37)10-4)47-50(40,48-29-17-14-26(42-20-8-2)23-32(29)45-35(38)11-5)49-30-18-15-27(43-21-9-3)24-33(30)46-36(39)12-6/h13-18,22-24H,7-12,19-21H2,1-6H3. The fourth-order valence-corrected chi connectivity index (χ4v) is 5.15. The Bertz CT molecular complexity index is 1450. The van der Waals surface area contributed by atoms with Crippen molar-refractivity contribution in [3.05, 3.63) is 54.6 Å². The van der Waals surface area contributed by atoms with Crippen LogP contribution in [0, 0.1) is 0 Å². The van der Waals surface area contributed by atoms with Crippen molar-refractivity contribution in [1.29, 1.82) is 0 Å². The molecule has 0 aliphatic heterocycles. The molecule has 0 N–H and O–H groups in total. The molecule has 0 spiro atoms. The van der Waals surface area contributed by atoms with E-state index in [-0.39, 0.29) is 53.8 Å². The van der Waals surface area contributed by atoms with Crippen molar-refractivity contribution in [3.63, 3.8) is 0 Å². The van der Waals surface area contributed by atoms with Gasteiger partial charge in [-0.2, -0.15) is 4.57 Å². The Morgan fingerprint density at radius 1 is 0.460 bits per heavy atom. The highest BCUT2D eigenvalue weighted by atomic mass is 31.2. The summed E-state index contributed by atoms with van der Waals surface area (Å²) in [5, 5.41) is 0. The van der Waals surface area contributed by atoms with Crippen LogP contribution in [0.4, 0.5) is 0 Å². The van der Waals surface area contributed by atoms with Gasteiger partial charge in [-0.05, 0) is 55.7 Å². The molecule has 0 radical (unpaired) electrons. The van der Waals surface area contributed by atoms with Crippen LogP contribution in [0.1, 0.15) is 80.1 Å². The van der Waals surface area contributed by atoms with Gasteiger partial charge >= 0.3 is 25.7 Å². The number of phosphoric ester groups is 1. The van der Waals surface area contributed by atoms with Gasteiger partial charge in [-0.25, -0.2) is 0 Å². The summed E-state index contributed by atoms with van der Waals surface area (Å²) in [6.07, 6.45) is 2.25. The molecule has 0 bridgehead atoms. The van der Waals surface area contributed by atoms with Crippen LogP contribution in [0.3, 0.4) is 0 Å². The number of hydrogen-bond acceptors (Lipinski definition) is 13. The number of benzene rings is 3. The quantitative estimate of drug-likeness (QED) is 0.0588. The molecule has 14 heteroatoms. The molecule has 0 unspecified atom stereocenters. The molecule has 13 nitrogen and oxygen atoms in total. The van der Waals surface area contributed by atoms with Crippen LogP contribution < -0.4 is 42.0 Å². The Hall–Kier alpha value is -4.90. The van der Waals surface area contributed by atoms with Crippen LogP contribution in [0.2, 0.25) is 0 Å². The van der Waals surface area contributed by atoms with Gasteiger partial charge in [0.2, 0.25) is 0 Å². The lowest BCUT2D eigenvalue weighted by Gasteiger charge is -2.23. The van der Waals surface area contributed by atoms with Gasteiger partial charge in [-0.1, -0.05) is 41.5 Å². The van der Waals surface area contributed by atoms with Crippen molar-refractivity contribution >= 4 is 25.7 Å². The number of carbonyl (C=O) groups excluding carboxylic acids is 3. The predicted octanol–water partition coefficient (Wildman–Crippen LogP) is 8.64. The summed E-state index contributed by atoms with van der Waals surface area (Å²) in [5.74, 6) is -1.71. The van der Waals surface area contributed by atoms with E-state index >= 15 is 0 Å². The second-order valence-corrected chi connectivity index (χ2v) is 12.0. The van der Waals surface area contributed by atoms with Gasteiger partial charge < -0.3 is 42.0 Å². The minimum absolute atomic E-state index is 0.0291. The van der Waals surface area contributed by atoms with Crippen LogP contribution in [-0.4, -0.2) is 37.7 Å². The molecule has 0 fully saturated rings. The van der Waals surface area contributed by atoms with Crippen molar-refractivity contribution in [1.82, 2.24) is 0 Å². The van der Waals surface area contributed by atoms with Gasteiger partial charge in [0.1, 0.15) is 17.2 Å². The molecule has 0 aromatic heterocycles. The van der Waals surface area contributed by atoms with Crippen LogP contribution in [-0.2, 0) is 18.9 Å². The predicted molar refractivity (Wildman–Crippen MR) is 184 cm³/mol. The summed E-state index contributed by atoms with van der Waals surface area (Å²) in [6.45, 7) is 11.8. The van der Waals surface area contributed by atoms with Crippen LogP contribution >= 0.6 is 7.82 Å². The summed E-state index contributed by atoms with van der Waals surface area (Å²) in [6, 6.07) is 12.9. The molecule has 0 amide bonds. The minimum atomic E-state index is -4.93. The topological polar surface area (TPSA) is 151 Å². The zero-order chi connectivity index (χ0) is 36.5. The van der Waals surface area contributed by atoms with Gasteiger partial charge in [0.25, 0.3) is 0 Å². The first-order chi connectivity index (χ1) is 24.1. The van der Waals surface area contributed by atoms with Crippen LogP contribution in [0.15, 0.2) is 54.6 Å². The molecule has 0 atom stereocenters. The molecule has 272 valence electrons. The second kappa shape index (κ2) is 19.9. The van der Waals surface area contributed by atoms with Gasteiger partial charge in [-0.3, -0.25) is 14.4 Å². The largest absolute Gasteiger partial charge is 0.647 e. The highest BCUT2D eigenvalue weighted by Crippen LogP contribution is 2.55. The molecule has 0 saturated carbocycles. The van der Waals surface area contributed by atoms with Gasteiger partial charge in [0.05, 0.1) is 19.8 Å². The lowest BCUT2D eigenvalue weighted by Crippen LogP contribution is -2.13. The van der Waals surface area contributed by atoms with Crippen molar-refractivity contribution in [2.75, 3.05) is 19.8 Å². The van der Waals surface area contributed by atoms with E-state index in [2.05, 4.69) is 0 Å². The smallest absolute Gasteiger partial charge is 0.493 e. The highest BCUT2D eigenvalue weighted by molar-refractivity contribution is 7.49. The SMILES string of the molecule is CCCOc1ccc(OP(=O)(Oc2ccc(OCCC)cc2OC(=O)CC)Oc2ccc(OCCC)cc2OC(=O)CC)c(OC(=O)CC)c1. The first-order valence-electron chi connectivity index (χ1n) is 16.7. The zero-order valence-electron chi connectivity index (χ0n) is 29.3. The maximum atomic E-state index is 14.8. The van der Waals surface area contributed by atoms with E-state index in [1.54, 1.807) is 20.8 Å². The third kappa shape index (κ3) is 12.2. The lowest BCUT2D eigenvalue weighted by atomic mass is 10.3. The molecule has 0 saturated heterocycles. The minimum Gasteiger partial charge on any atom is -0.493 e. The molecular weight excluding hydrogens is 671 g/mol. The van der Waals surface area contributed by atoms with Crippen molar-refractivity contribution in [3.8, 4) is 51.7 Å². The van der Waals surface area contributed by atoms with E-state index in [0.29, 0.717) is 37.1 Å². The van der Waals surface area contributed by atoms with E-state index in [0.717, 1.165) is 19.3 Å². The molecule has 0 aliphatic rings. The lowest BCUT2D eigenvalue weighted by molar-refractivity contribution is -0.135. The highest BCUT2D eigenvalue weighted by Gasteiger charge is 2.37. The fourth-order valence-electron chi connectivity index (χ4n) is 3.86. The molecule has 50 heavy (non-hydrogen) atoms. The summed E-state index contributed by atoms with van der Waals surface area (Å²) in [7, 11) is -4.93. The number of carbonyl (C=O) groups is 3. The van der Waals surface area contributed by atoms with Gasteiger partial charge in [0.15, 0.2) is 34.5 Å². The maximum absolute atomic E-state index is 14.8.